The third-order valence-corrected chi connectivity index (χ3v) is 4.42. The number of hydrogen-bond donors (Lipinski definition) is 2. The van der Waals surface area contributed by atoms with Crippen LogP contribution in [-0.2, 0) is 13.0 Å². The third kappa shape index (κ3) is 6.51. The number of rotatable bonds is 10. The van der Waals surface area contributed by atoms with Gasteiger partial charge in [0.25, 0.3) is 0 Å². The van der Waals surface area contributed by atoms with Crippen LogP contribution in [0.15, 0.2) is 35.6 Å². The van der Waals surface area contributed by atoms with Crippen molar-refractivity contribution >= 4 is 5.96 Å². The van der Waals surface area contributed by atoms with Crippen molar-refractivity contribution in [3.63, 3.8) is 0 Å². The van der Waals surface area contributed by atoms with Gasteiger partial charge in [0.15, 0.2) is 17.5 Å². The molecule has 2 N–H and O–H groups in total. The van der Waals surface area contributed by atoms with E-state index >= 15 is 0 Å². The first-order chi connectivity index (χ1) is 13.2. The number of aromatic nitrogens is 2. The fourth-order valence-electron chi connectivity index (χ4n) is 2.84. The van der Waals surface area contributed by atoms with Crippen molar-refractivity contribution in [2.75, 3.05) is 34.4 Å². The van der Waals surface area contributed by atoms with Gasteiger partial charge in [-0.1, -0.05) is 6.07 Å². The van der Waals surface area contributed by atoms with Crippen molar-refractivity contribution in [2.45, 2.75) is 32.7 Å². The highest BCUT2D eigenvalue weighted by molar-refractivity contribution is 5.79. The van der Waals surface area contributed by atoms with E-state index in [-0.39, 0.29) is 0 Å². The Morgan fingerprint density at radius 2 is 1.89 bits per heavy atom. The van der Waals surface area contributed by atoms with Gasteiger partial charge >= 0.3 is 0 Å². The number of methoxy groups -OCH3 is 2. The molecule has 27 heavy (non-hydrogen) atoms. The highest BCUT2D eigenvalue weighted by Gasteiger charge is 2.05. The monoisotopic (exact) mass is 373 g/mol. The smallest absolute Gasteiger partial charge is 0.190 e. The first-order valence-corrected chi connectivity index (χ1v) is 9.31. The summed E-state index contributed by atoms with van der Waals surface area (Å²) in [6, 6.07) is 6.00. The number of aliphatic imine (C=N–C) groups is 1. The summed E-state index contributed by atoms with van der Waals surface area (Å²) < 4.78 is 12.8. The Balaban J connectivity index is 1.66. The number of benzene rings is 1. The van der Waals surface area contributed by atoms with Crippen molar-refractivity contribution in [2.24, 2.45) is 4.99 Å². The van der Waals surface area contributed by atoms with E-state index in [0.717, 1.165) is 62.2 Å². The highest BCUT2D eigenvalue weighted by Crippen LogP contribution is 2.27. The minimum Gasteiger partial charge on any atom is -0.493 e. The third-order valence-electron chi connectivity index (χ3n) is 4.42. The molecule has 0 fully saturated rings. The van der Waals surface area contributed by atoms with E-state index in [4.69, 9.17) is 9.47 Å². The summed E-state index contributed by atoms with van der Waals surface area (Å²) in [5.41, 5.74) is 1.19. The second kappa shape index (κ2) is 11.1. The van der Waals surface area contributed by atoms with Crippen molar-refractivity contribution in [3.05, 3.63) is 42.0 Å². The predicted molar refractivity (Wildman–Crippen MR) is 109 cm³/mol. The Bertz CT molecular complexity index is 727. The average Bonchev–Trinajstić information content (AvgIpc) is 3.10. The molecule has 2 rings (SSSR count). The van der Waals surface area contributed by atoms with Gasteiger partial charge < -0.3 is 24.7 Å². The molecule has 1 aromatic heterocycles. The van der Waals surface area contributed by atoms with Crippen molar-refractivity contribution < 1.29 is 9.47 Å². The molecule has 148 valence electrons. The quantitative estimate of drug-likeness (QED) is 0.380. The van der Waals surface area contributed by atoms with Crippen LogP contribution in [0.5, 0.6) is 11.5 Å². The van der Waals surface area contributed by atoms with E-state index in [1.807, 2.05) is 31.5 Å². The number of imidazole rings is 1. The molecule has 7 nitrogen and oxygen atoms in total. The Hall–Kier alpha value is -2.70. The molecule has 0 unspecified atom stereocenters. The largest absolute Gasteiger partial charge is 0.493 e. The van der Waals surface area contributed by atoms with Gasteiger partial charge in [0.05, 0.1) is 14.2 Å². The predicted octanol–water partition coefficient (Wildman–Crippen LogP) is 2.40. The van der Waals surface area contributed by atoms with Gasteiger partial charge in [-0.25, -0.2) is 4.98 Å². The lowest BCUT2D eigenvalue weighted by Crippen LogP contribution is -2.38. The lowest BCUT2D eigenvalue weighted by Gasteiger charge is -2.13. The standard InChI is InChI=1S/C20H31N5O2/c1-16-22-12-14-25(16)13-6-5-10-23-20(21-2)24-11-9-17-7-8-18(26-3)19(15-17)27-4/h7-8,12,14-15H,5-6,9-11,13H2,1-4H3,(H2,21,23,24). The Labute approximate surface area is 161 Å². The van der Waals surface area contributed by atoms with Gasteiger partial charge in [-0.15, -0.1) is 0 Å². The topological polar surface area (TPSA) is 72.7 Å². The van der Waals surface area contributed by atoms with Gasteiger partial charge in [-0.05, 0) is 43.9 Å². The maximum absolute atomic E-state index is 5.35. The summed E-state index contributed by atoms with van der Waals surface area (Å²) >= 11 is 0. The molecule has 0 aliphatic carbocycles. The Morgan fingerprint density at radius 1 is 1.11 bits per heavy atom. The van der Waals surface area contributed by atoms with Gasteiger partial charge in [-0.2, -0.15) is 0 Å². The fraction of sp³-hybridized carbons (Fsp3) is 0.500. The van der Waals surface area contributed by atoms with Gasteiger partial charge in [0.2, 0.25) is 0 Å². The maximum Gasteiger partial charge on any atom is 0.190 e. The van der Waals surface area contributed by atoms with Crippen LogP contribution >= 0.6 is 0 Å². The molecule has 2 aromatic rings. The van der Waals surface area contributed by atoms with Gasteiger partial charge in [-0.3, -0.25) is 4.99 Å². The number of guanidine groups is 1. The summed E-state index contributed by atoms with van der Waals surface area (Å²) in [4.78, 5) is 8.52. The minimum absolute atomic E-state index is 0.748. The average molecular weight is 374 g/mol. The van der Waals surface area contributed by atoms with Crippen LogP contribution in [-0.4, -0.2) is 49.9 Å². The molecule has 0 amide bonds. The van der Waals surface area contributed by atoms with Crippen molar-refractivity contribution in [1.29, 1.82) is 0 Å². The fourth-order valence-corrected chi connectivity index (χ4v) is 2.84. The van der Waals surface area contributed by atoms with Crippen molar-refractivity contribution in [1.82, 2.24) is 20.2 Å². The second-order valence-electron chi connectivity index (χ2n) is 6.24. The zero-order valence-electron chi connectivity index (χ0n) is 16.8. The molecular weight excluding hydrogens is 342 g/mol. The van der Waals surface area contributed by atoms with Crippen LogP contribution in [0, 0.1) is 6.92 Å². The van der Waals surface area contributed by atoms with E-state index in [9.17, 15) is 0 Å². The number of nitrogens with zero attached hydrogens (tertiary/aromatic N) is 3. The summed E-state index contributed by atoms with van der Waals surface area (Å²) in [7, 11) is 5.09. The molecule has 0 spiro atoms. The molecule has 7 heteroatoms. The van der Waals surface area contributed by atoms with Crippen LogP contribution in [0.3, 0.4) is 0 Å². The molecule has 0 aliphatic heterocycles. The highest BCUT2D eigenvalue weighted by atomic mass is 16.5. The molecule has 0 saturated carbocycles. The molecule has 0 atom stereocenters. The molecule has 0 aliphatic rings. The lowest BCUT2D eigenvalue weighted by molar-refractivity contribution is 0.354. The summed E-state index contributed by atoms with van der Waals surface area (Å²) in [5, 5.41) is 6.71. The number of aryl methyl sites for hydroxylation is 2. The lowest BCUT2D eigenvalue weighted by atomic mass is 10.1. The maximum atomic E-state index is 5.35. The number of ether oxygens (including phenoxy) is 2. The number of nitrogens with one attached hydrogen (secondary N) is 2. The van der Waals surface area contributed by atoms with E-state index < -0.39 is 0 Å². The molecule has 0 bridgehead atoms. The van der Waals surface area contributed by atoms with Crippen molar-refractivity contribution in [3.8, 4) is 11.5 Å². The van der Waals surface area contributed by atoms with E-state index in [0.29, 0.717) is 0 Å². The molecular formula is C20H31N5O2. The van der Waals surface area contributed by atoms with E-state index in [1.54, 1.807) is 21.3 Å². The summed E-state index contributed by atoms with van der Waals surface area (Å²) in [6.45, 7) is 4.72. The Morgan fingerprint density at radius 3 is 2.56 bits per heavy atom. The number of hydrogen-bond acceptors (Lipinski definition) is 4. The summed E-state index contributed by atoms with van der Waals surface area (Å²) in [6.07, 6.45) is 6.93. The first kappa shape index (κ1) is 20.6. The normalized spacial score (nSPS) is 11.3. The molecule has 1 aromatic carbocycles. The minimum atomic E-state index is 0.748. The van der Waals surface area contributed by atoms with Gasteiger partial charge in [0.1, 0.15) is 5.82 Å². The number of unbranched alkanes of at least 4 members (excludes halogenated alkanes) is 1. The molecule has 1 heterocycles. The first-order valence-electron chi connectivity index (χ1n) is 9.31. The SMILES string of the molecule is CN=C(NCCCCn1ccnc1C)NCCc1ccc(OC)c(OC)c1. The Kier molecular flexibility index (Phi) is 8.48. The zero-order chi connectivity index (χ0) is 19.5. The van der Waals surface area contributed by atoms with Crippen LogP contribution in [0.25, 0.3) is 0 Å². The van der Waals surface area contributed by atoms with Crippen LogP contribution in [0.1, 0.15) is 24.2 Å². The zero-order valence-corrected chi connectivity index (χ0v) is 16.8. The molecule has 0 saturated heterocycles. The van der Waals surface area contributed by atoms with E-state index in [1.165, 1.54) is 5.56 Å². The van der Waals surface area contributed by atoms with Gasteiger partial charge in [0, 0.05) is 39.1 Å². The second-order valence-corrected chi connectivity index (χ2v) is 6.24. The van der Waals surface area contributed by atoms with Crippen LogP contribution < -0.4 is 20.1 Å². The van der Waals surface area contributed by atoms with Crippen LogP contribution in [0.2, 0.25) is 0 Å². The molecule has 0 radical (unpaired) electrons. The van der Waals surface area contributed by atoms with E-state index in [2.05, 4.69) is 31.2 Å². The summed E-state index contributed by atoms with van der Waals surface area (Å²) in [5.74, 6) is 3.40. The van der Waals surface area contributed by atoms with Crippen LogP contribution in [0.4, 0.5) is 0 Å².